The summed E-state index contributed by atoms with van der Waals surface area (Å²) >= 11 is 0. The van der Waals surface area contributed by atoms with Crippen LogP contribution in [0.3, 0.4) is 0 Å². The van der Waals surface area contributed by atoms with E-state index in [4.69, 9.17) is 0 Å². The van der Waals surface area contributed by atoms with Crippen molar-refractivity contribution >= 4 is 28.5 Å². The Morgan fingerprint density at radius 1 is 0.964 bits per heavy atom. The standard InChI is InChI=1S/C21H23N5O2/c27-19(25-12-5-1-2-6-13-25)14-26-15-22-21(24-26)23-20(28)18-11-7-9-16-8-3-4-10-17(16)18/h3-4,7-11,15H,1-2,5-6,12-14H2,(H,23,24,28). The summed E-state index contributed by atoms with van der Waals surface area (Å²) < 4.78 is 1.48. The van der Waals surface area contributed by atoms with Crippen LogP contribution in [0.5, 0.6) is 0 Å². The van der Waals surface area contributed by atoms with Gasteiger partial charge in [0.1, 0.15) is 12.9 Å². The van der Waals surface area contributed by atoms with Gasteiger partial charge < -0.3 is 4.90 Å². The molecule has 1 aromatic heterocycles. The fourth-order valence-electron chi connectivity index (χ4n) is 3.58. The molecule has 7 heteroatoms. The van der Waals surface area contributed by atoms with E-state index >= 15 is 0 Å². The normalized spacial score (nSPS) is 14.6. The summed E-state index contributed by atoms with van der Waals surface area (Å²) in [6, 6.07) is 13.3. The van der Waals surface area contributed by atoms with Gasteiger partial charge in [0.15, 0.2) is 0 Å². The number of nitrogens with zero attached hydrogens (tertiary/aromatic N) is 4. The number of hydrogen-bond acceptors (Lipinski definition) is 4. The van der Waals surface area contributed by atoms with Crippen molar-refractivity contribution in [1.29, 1.82) is 0 Å². The van der Waals surface area contributed by atoms with Gasteiger partial charge in [-0.2, -0.15) is 0 Å². The van der Waals surface area contributed by atoms with Gasteiger partial charge in [0.05, 0.1) is 0 Å². The smallest absolute Gasteiger partial charge is 0.258 e. The SMILES string of the molecule is O=C(Nc1ncn(CC(=O)N2CCCCCC2)n1)c1cccc2ccccc12. The van der Waals surface area contributed by atoms with E-state index in [2.05, 4.69) is 15.4 Å². The molecule has 28 heavy (non-hydrogen) atoms. The molecule has 0 saturated carbocycles. The number of rotatable bonds is 4. The maximum atomic E-state index is 12.7. The Morgan fingerprint density at radius 3 is 2.54 bits per heavy atom. The highest BCUT2D eigenvalue weighted by atomic mass is 16.2. The molecule has 2 amide bonds. The molecule has 1 fully saturated rings. The van der Waals surface area contributed by atoms with Crippen LogP contribution >= 0.6 is 0 Å². The molecule has 0 bridgehead atoms. The number of anilines is 1. The van der Waals surface area contributed by atoms with E-state index < -0.39 is 0 Å². The molecule has 2 aromatic carbocycles. The largest absolute Gasteiger partial charge is 0.341 e. The molecule has 1 N–H and O–H groups in total. The lowest BCUT2D eigenvalue weighted by Gasteiger charge is -2.19. The fraction of sp³-hybridized carbons (Fsp3) is 0.333. The minimum atomic E-state index is -0.270. The first-order chi connectivity index (χ1) is 13.7. The van der Waals surface area contributed by atoms with Gasteiger partial charge >= 0.3 is 0 Å². The fourth-order valence-corrected chi connectivity index (χ4v) is 3.58. The van der Waals surface area contributed by atoms with E-state index in [1.165, 1.54) is 23.9 Å². The van der Waals surface area contributed by atoms with E-state index in [1.54, 1.807) is 6.07 Å². The van der Waals surface area contributed by atoms with Crippen LogP contribution in [0.4, 0.5) is 5.95 Å². The Kier molecular flexibility index (Phi) is 5.32. The predicted molar refractivity (Wildman–Crippen MR) is 107 cm³/mol. The van der Waals surface area contributed by atoms with E-state index in [0.29, 0.717) is 5.56 Å². The molecular formula is C21H23N5O2. The number of hydrogen-bond donors (Lipinski definition) is 1. The van der Waals surface area contributed by atoms with Crippen LogP contribution < -0.4 is 5.32 Å². The third kappa shape index (κ3) is 4.03. The van der Waals surface area contributed by atoms with Crippen molar-refractivity contribution in [2.75, 3.05) is 18.4 Å². The molecule has 0 radical (unpaired) electrons. The van der Waals surface area contributed by atoms with Crippen molar-refractivity contribution < 1.29 is 9.59 Å². The number of benzene rings is 2. The molecule has 1 aliphatic rings. The second-order valence-electron chi connectivity index (χ2n) is 7.04. The minimum Gasteiger partial charge on any atom is -0.341 e. The molecule has 0 spiro atoms. The number of carbonyl (C=O) groups is 2. The van der Waals surface area contributed by atoms with Crippen LogP contribution in [0.25, 0.3) is 10.8 Å². The first kappa shape index (κ1) is 18.2. The van der Waals surface area contributed by atoms with E-state index in [1.807, 2.05) is 41.3 Å². The molecular weight excluding hydrogens is 354 g/mol. The van der Waals surface area contributed by atoms with Crippen LogP contribution in [0, 0.1) is 0 Å². The van der Waals surface area contributed by atoms with Crippen molar-refractivity contribution in [2.45, 2.75) is 32.2 Å². The number of nitrogens with one attached hydrogen (secondary N) is 1. The Hall–Kier alpha value is -3.22. The Morgan fingerprint density at radius 2 is 1.71 bits per heavy atom. The van der Waals surface area contributed by atoms with Gasteiger partial charge in [-0.3, -0.25) is 14.9 Å². The van der Waals surface area contributed by atoms with Crippen LogP contribution in [-0.2, 0) is 11.3 Å². The average molecular weight is 377 g/mol. The Bertz CT molecular complexity index is 984. The summed E-state index contributed by atoms with van der Waals surface area (Å²) in [6.07, 6.45) is 5.94. The van der Waals surface area contributed by atoms with Crippen molar-refractivity contribution in [1.82, 2.24) is 19.7 Å². The van der Waals surface area contributed by atoms with E-state index in [-0.39, 0.29) is 24.3 Å². The van der Waals surface area contributed by atoms with Crippen molar-refractivity contribution in [3.05, 3.63) is 54.4 Å². The van der Waals surface area contributed by atoms with Gasteiger partial charge in [-0.1, -0.05) is 49.2 Å². The van der Waals surface area contributed by atoms with Gasteiger partial charge in [0.25, 0.3) is 5.91 Å². The third-order valence-corrected chi connectivity index (χ3v) is 5.05. The second kappa shape index (κ2) is 8.21. The monoisotopic (exact) mass is 377 g/mol. The van der Waals surface area contributed by atoms with Crippen LogP contribution in [0.2, 0.25) is 0 Å². The number of carbonyl (C=O) groups excluding carboxylic acids is 2. The zero-order valence-electron chi connectivity index (χ0n) is 15.7. The van der Waals surface area contributed by atoms with Crippen molar-refractivity contribution in [3.63, 3.8) is 0 Å². The van der Waals surface area contributed by atoms with Crippen LogP contribution in [0.15, 0.2) is 48.8 Å². The van der Waals surface area contributed by atoms with Gasteiger partial charge in [0, 0.05) is 18.7 Å². The topological polar surface area (TPSA) is 80.1 Å². The molecule has 1 aliphatic heterocycles. The summed E-state index contributed by atoms with van der Waals surface area (Å²) in [5, 5.41) is 8.84. The van der Waals surface area contributed by atoms with Gasteiger partial charge in [-0.05, 0) is 29.7 Å². The Labute approximate surface area is 163 Å². The highest BCUT2D eigenvalue weighted by molar-refractivity contribution is 6.12. The summed E-state index contributed by atoms with van der Waals surface area (Å²) in [4.78, 5) is 31.2. The summed E-state index contributed by atoms with van der Waals surface area (Å²) in [5.41, 5.74) is 0.565. The predicted octanol–water partition coefficient (Wildman–Crippen LogP) is 3.09. The lowest BCUT2D eigenvalue weighted by Crippen LogP contribution is -2.34. The number of aromatic nitrogens is 3. The molecule has 0 atom stereocenters. The third-order valence-electron chi connectivity index (χ3n) is 5.05. The van der Waals surface area contributed by atoms with Crippen LogP contribution in [0.1, 0.15) is 36.0 Å². The average Bonchev–Trinajstić information content (AvgIpc) is 2.97. The van der Waals surface area contributed by atoms with Gasteiger partial charge in [0.2, 0.25) is 11.9 Å². The maximum absolute atomic E-state index is 12.7. The number of likely N-dealkylation sites (tertiary alicyclic amines) is 1. The molecule has 1 saturated heterocycles. The summed E-state index contributed by atoms with van der Waals surface area (Å²) in [6.45, 7) is 1.74. The first-order valence-electron chi connectivity index (χ1n) is 9.67. The number of fused-ring (bicyclic) bond motifs is 1. The molecule has 2 heterocycles. The molecule has 0 unspecified atom stereocenters. The molecule has 7 nitrogen and oxygen atoms in total. The van der Waals surface area contributed by atoms with E-state index in [9.17, 15) is 9.59 Å². The lowest BCUT2D eigenvalue weighted by molar-refractivity contribution is -0.132. The summed E-state index contributed by atoms with van der Waals surface area (Å²) in [7, 11) is 0. The molecule has 4 rings (SSSR count). The quantitative estimate of drug-likeness (QED) is 0.758. The number of amides is 2. The molecule has 144 valence electrons. The Balaban J connectivity index is 1.43. The van der Waals surface area contributed by atoms with Gasteiger partial charge in [-0.15, -0.1) is 5.10 Å². The van der Waals surface area contributed by atoms with Crippen molar-refractivity contribution in [3.8, 4) is 0 Å². The summed E-state index contributed by atoms with van der Waals surface area (Å²) in [5.74, 6) is -0.0336. The van der Waals surface area contributed by atoms with E-state index in [0.717, 1.165) is 36.7 Å². The highest BCUT2D eigenvalue weighted by Crippen LogP contribution is 2.19. The van der Waals surface area contributed by atoms with Gasteiger partial charge in [-0.25, -0.2) is 9.67 Å². The van der Waals surface area contributed by atoms with Crippen molar-refractivity contribution in [2.24, 2.45) is 0 Å². The zero-order chi connectivity index (χ0) is 19.3. The zero-order valence-corrected chi connectivity index (χ0v) is 15.7. The molecule has 0 aliphatic carbocycles. The maximum Gasteiger partial charge on any atom is 0.258 e. The lowest BCUT2D eigenvalue weighted by atomic mass is 10.0. The first-order valence-corrected chi connectivity index (χ1v) is 9.67. The second-order valence-corrected chi connectivity index (χ2v) is 7.04. The van der Waals surface area contributed by atoms with Crippen LogP contribution in [-0.4, -0.2) is 44.6 Å². The molecule has 3 aromatic rings. The highest BCUT2D eigenvalue weighted by Gasteiger charge is 2.17. The minimum absolute atomic E-state index is 0.0405.